The molecule has 0 bridgehead atoms. The van der Waals surface area contributed by atoms with Crippen molar-refractivity contribution in [2.45, 2.75) is 19.0 Å². The Kier molecular flexibility index (Phi) is 4.49. The van der Waals surface area contributed by atoms with E-state index < -0.39 is 12.8 Å². The van der Waals surface area contributed by atoms with Crippen molar-refractivity contribution in [1.82, 2.24) is 0 Å². The van der Waals surface area contributed by atoms with Crippen molar-refractivity contribution in [3.63, 3.8) is 0 Å². The minimum Gasteiger partial charge on any atom is -0.491 e. The summed E-state index contributed by atoms with van der Waals surface area (Å²) in [5.41, 5.74) is 1.71. The molecule has 0 saturated carbocycles. The van der Waals surface area contributed by atoms with Crippen LogP contribution in [0.15, 0.2) is 18.2 Å². The average molecular weight is 289 g/mol. The molecule has 7 heteroatoms. The second-order valence-corrected chi connectivity index (χ2v) is 4.38. The molecule has 20 heavy (non-hydrogen) atoms. The van der Waals surface area contributed by atoms with Crippen LogP contribution in [0.3, 0.4) is 0 Å². The number of alkyl halides is 3. The van der Waals surface area contributed by atoms with Crippen LogP contribution in [0.2, 0.25) is 0 Å². The summed E-state index contributed by atoms with van der Waals surface area (Å²) in [5, 5.41) is 2.72. The number of ether oxygens (including phenoxy) is 2. The zero-order chi connectivity index (χ0) is 14.6. The summed E-state index contributed by atoms with van der Waals surface area (Å²) in [7, 11) is 0. The van der Waals surface area contributed by atoms with E-state index in [-0.39, 0.29) is 19.1 Å². The second-order valence-electron chi connectivity index (χ2n) is 4.38. The standard InChI is InChI=1S/C13H14F3NO3/c14-13(15,16)8-19-5-6-20-10-3-1-9-2-4-12(18)17-11(9)7-10/h1,3,7H,2,4-6,8H2,(H,17,18). The van der Waals surface area contributed by atoms with Crippen LogP contribution in [-0.4, -0.2) is 31.9 Å². The number of rotatable bonds is 5. The summed E-state index contributed by atoms with van der Waals surface area (Å²) in [6, 6.07) is 5.22. The number of aryl methyl sites for hydroxylation is 1. The van der Waals surface area contributed by atoms with E-state index in [4.69, 9.17) is 4.74 Å². The molecule has 0 radical (unpaired) electrons. The van der Waals surface area contributed by atoms with Crippen molar-refractivity contribution < 1.29 is 27.4 Å². The minimum absolute atomic E-state index is 0.0167. The van der Waals surface area contributed by atoms with Gasteiger partial charge in [-0.3, -0.25) is 4.79 Å². The number of carbonyl (C=O) groups excluding carboxylic acids is 1. The maximum absolute atomic E-state index is 11.8. The number of carbonyl (C=O) groups is 1. The molecule has 0 aromatic heterocycles. The van der Waals surface area contributed by atoms with E-state index in [0.717, 1.165) is 5.56 Å². The lowest BCUT2D eigenvalue weighted by molar-refractivity contribution is -0.175. The molecule has 1 aliphatic heterocycles. The third-order valence-corrected chi connectivity index (χ3v) is 2.74. The Balaban J connectivity index is 1.79. The van der Waals surface area contributed by atoms with E-state index in [2.05, 4.69) is 10.1 Å². The molecule has 0 fully saturated rings. The van der Waals surface area contributed by atoms with Crippen LogP contribution in [0.5, 0.6) is 5.75 Å². The molecule has 2 rings (SSSR count). The van der Waals surface area contributed by atoms with Crippen LogP contribution >= 0.6 is 0 Å². The van der Waals surface area contributed by atoms with Gasteiger partial charge < -0.3 is 14.8 Å². The van der Waals surface area contributed by atoms with Crippen LogP contribution in [0.25, 0.3) is 0 Å². The molecule has 1 heterocycles. The van der Waals surface area contributed by atoms with Gasteiger partial charge >= 0.3 is 6.18 Å². The lowest BCUT2D eigenvalue weighted by Gasteiger charge is -2.17. The Labute approximate surface area is 113 Å². The van der Waals surface area contributed by atoms with Crippen LogP contribution in [0.1, 0.15) is 12.0 Å². The third kappa shape index (κ3) is 4.41. The number of hydrogen-bond donors (Lipinski definition) is 1. The monoisotopic (exact) mass is 289 g/mol. The Morgan fingerprint density at radius 3 is 2.75 bits per heavy atom. The van der Waals surface area contributed by atoms with E-state index in [1.807, 2.05) is 6.07 Å². The quantitative estimate of drug-likeness (QED) is 0.847. The molecule has 0 atom stereocenters. The van der Waals surface area contributed by atoms with Crippen LogP contribution in [-0.2, 0) is 16.0 Å². The molecule has 1 aromatic rings. The van der Waals surface area contributed by atoms with Crippen molar-refractivity contribution in [1.29, 1.82) is 0 Å². The first-order valence-corrected chi connectivity index (χ1v) is 6.14. The molecule has 0 aliphatic carbocycles. The van der Waals surface area contributed by atoms with Gasteiger partial charge in [-0.15, -0.1) is 0 Å². The smallest absolute Gasteiger partial charge is 0.411 e. The lowest BCUT2D eigenvalue weighted by atomic mass is 10.0. The number of anilines is 1. The number of amides is 1. The summed E-state index contributed by atoms with van der Waals surface area (Å²) >= 11 is 0. The van der Waals surface area contributed by atoms with Crippen LogP contribution < -0.4 is 10.1 Å². The number of nitrogens with one attached hydrogen (secondary N) is 1. The second kappa shape index (κ2) is 6.13. The van der Waals surface area contributed by atoms with Gasteiger partial charge in [0, 0.05) is 18.2 Å². The third-order valence-electron chi connectivity index (χ3n) is 2.74. The topological polar surface area (TPSA) is 47.6 Å². The first-order chi connectivity index (χ1) is 9.44. The van der Waals surface area contributed by atoms with E-state index in [9.17, 15) is 18.0 Å². The maximum atomic E-state index is 11.8. The van der Waals surface area contributed by atoms with Crippen molar-refractivity contribution >= 4 is 11.6 Å². The normalized spacial score (nSPS) is 14.7. The Morgan fingerprint density at radius 1 is 1.20 bits per heavy atom. The van der Waals surface area contributed by atoms with Gasteiger partial charge in [0.25, 0.3) is 0 Å². The van der Waals surface area contributed by atoms with Crippen molar-refractivity contribution in [3.8, 4) is 5.75 Å². The molecular formula is C13H14F3NO3. The van der Waals surface area contributed by atoms with Crippen molar-refractivity contribution in [2.75, 3.05) is 25.1 Å². The van der Waals surface area contributed by atoms with Gasteiger partial charge in [0.15, 0.2) is 0 Å². The summed E-state index contributed by atoms with van der Waals surface area (Å²) in [5.74, 6) is 0.435. The maximum Gasteiger partial charge on any atom is 0.411 e. The fourth-order valence-corrected chi connectivity index (χ4v) is 1.85. The average Bonchev–Trinajstić information content (AvgIpc) is 2.36. The lowest BCUT2D eigenvalue weighted by Crippen LogP contribution is -2.20. The van der Waals surface area contributed by atoms with Gasteiger partial charge in [0.1, 0.15) is 19.0 Å². The van der Waals surface area contributed by atoms with E-state index in [1.54, 1.807) is 12.1 Å². The number of benzene rings is 1. The Hall–Kier alpha value is -1.76. The number of hydrogen-bond acceptors (Lipinski definition) is 3. The van der Waals surface area contributed by atoms with E-state index >= 15 is 0 Å². The molecule has 0 unspecified atom stereocenters. The molecule has 1 aliphatic rings. The van der Waals surface area contributed by atoms with Crippen molar-refractivity contribution in [2.24, 2.45) is 0 Å². The van der Waals surface area contributed by atoms with E-state index in [1.165, 1.54) is 0 Å². The SMILES string of the molecule is O=C1CCc2ccc(OCCOCC(F)(F)F)cc2N1. The van der Waals surface area contributed by atoms with Gasteiger partial charge in [-0.25, -0.2) is 0 Å². The van der Waals surface area contributed by atoms with Gasteiger partial charge in [-0.05, 0) is 18.1 Å². The molecule has 1 N–H and O–H groups in total. The fraction of sp³-hybridized carbons (Fsp3) is 0.462. The summed E-state index contributed by atoms with van der Waals surface area (Å²) < 4.78 is 45.2. The molecule has 110 valence electrons. The van der Waals surface area contributed by atoms with Gasteiger partial charge in [-0.1, -0.05) is 6.07 Å². The van der Waals surface area contributed by atoms with Gasteiger partial charge in [-0.2, -0.15) is 13.2 Å². The highest BCUT2D eigenvalue weighted by Gasteiger charge is 2.27. The summed E-state index contributed by atoms with van der Waals surface area (Å²) in [6.45, 7) is -1.41. The molecular weight excluding hydrogens is 275 g/mol. The first kappa shape index (κ1) is 14.6. The van der Waals surface area contributed by atoms with E-state index in [0.29, 0.717) is 24.3 Å². The predicted molar refractivity (Wildman–Crippen MR) is 65.8 cm³/mol. The van der Waals surface area contributed by atoms with Crippen LogP contribution in [0, 0.1) is 0 Å². The molecule has 1 amide bonds. The largest absolute Gasteiger partial charge is 0.491 e. The Morgan fingerprint density at radius 2 is 2.00 bits per heavy atom. The number of fused-ring (bicyclic) bond motifs is 1. The highest BCUT2D eigenvalue weighted by molar-refractivity contribution is 5.94. The fourth-order valence-electron chi connectivity index (χ4n) is 1.85. The summed E-state index contributed by atoms with van der Waals surface area (Å²) in [4.78, 5) is 11.3. The minimum atomic E-state index is -4.32. The molecule has 4 nitrogen and oxygen atoms in total. The zero-order valence-electron chi connectivity index (χ0n) is 10.6. The number of halogens is 3. The first-order valence-electron chi connectivity index (χ1n) is 6.14. The molecule has 1 aromatic carbocycles. The van der Waals surface area contributed by atoms with Crippen LogP contribution in [0.4, 0.5) is 18.9 Å². The van der Waals surface area contributed by atoms with Crippen molar-refractivity contribution in [3.05, 3.63) is 23.8 Å². The highest BCUT2D eigenvalue weighted by Crippen LogP contribution is 2.27. The molecule has 0 spiro atoms. The zero-order valence-corrected chi connectivity index (χ0v) is 10.6. The Bertz CT molecular complexity index is 488. The van der Waals surface area contributed by atoms with Gasteiger partial charge in [0.2, 0.25) is 5.91 Å². The summed E-state index contributed by atoms with van der Waals surface area (Å²) in [6.07, 6.45) is -3.19. The van der Waals surface area contributed by atoms with Gasteiger partial charge in [0.05, 0.1) is 6.61 Å². The molecule has 0 saturated heterocycles. The highest BCUT2D eigenvalue weighted by atomic mass is 19.4. The predicted octanol–water partition coefficient (Wildman–Crippen LogP) is 2.53.